The van der Waals surface area contributed by atoms with Gasteiger partial charge in [0.2, 0.25) is 5.82 Å². The Hall–Kier alpha value is -1.14. The second kappa shape index (κ2) is 5.24. The van der Waals surface area contributed by atoms with E-state index >= 15 is 0 Å². The SMILES string of the molecule is Nc1cc(Br)ccc1Oc1cc(Br)cc(F)c1F. The van der Waals surface area contributed by atoms with Gasteiger partial charge in [-0.25, -0.2) is 4.39 Å². The van der Waals surface area contributed by atoms with E-state index in [0.717, 1.165) is 10.5 Å². The average molecular weight is 379 g/mol. The Morgan fingerprint density at radius 2 is 1.67 bits per heavy atom. The van der Waals surface area contributed by atoms with Crippen LogP contribution in [0.2, 0.25) is 0 Å². The van der Waals surface area contributed by atoms with Crippen LogP contribution in [0.25, 0.3) is 0 Å². The number of anilines is 1. The molecule has 2 aromatic carbocycles. The topological polar surface area (TPSA) is 35.2 Å². The van der Waals surface area contributed by atoms with E-state index in [0.29, 0.717) is 10.2 Å². The molecule has 0 saturated heterocycles. The lowest BCUT2D eigenvalue weighted by molar-refractivity contribution is 0.416. The maximum atomic E-state index is 13.5. The van der Waals surface area contributed by atoms with Gasteiger partial charge in [-0.2, -0.15) is 4.39 Å². The van der Waals surface area contributed by atoms with Crippen molar-refractivity contribution in [2.75, 3.05) is 5.73 Å². The van der Waals surface area contributed by atoms with Gasteiger partial charge in [-0.1, -0.05) is 31.9 Å². The summed E-state index contributed by atoms with van der Waals surface area (Å²) in [6.07, 6.45) is 0. The lowest BCUT2D eigenvalue weighted by Gasteiger charge is -2.10. The minimum atomic E-state index is -1.06. The van der Waals surface area contributed by atoms with Crippen molar-refractivity contribution in [1.82, 2.24) is 0 Å². The number of halogens is 4. The monoisotopic (exact) mass is 377 g/mol. The molecule has 0 fully saturated rings. The van der Waals surface area contributed by atoms with Gasteiger partial charge in [0.05, 0.1) is 5.69 Å². The number of rotatable bonds is 2. The molecule has 18 heavy (non-hydrogen) atoms. The van der Waals surface area contributed by atoms with Crippen molar-refractivity contribution in [3.05, 3.63) is 50.9 Å². The maximum Gasteiger partial charge on any atom is 0.201 e. The van der Waals surface area contributed by atoms with E-state index in [1.165, 1.54) is 6.07 Å². The number of nitrogen functional groups attached to an aromatic ring is 1. The first kappa shape index (κ1) is 13.3. The van der Waals surface area contributed by atoms with E-state index in [4.69, 9.17) is 10.5 Å². The zero-order valence-corrected chi connectivity index (χ0v) is 12.1. The number of nitrogens with two attached hydrogens (primary N) is 1. The number of ether oxygens (including phenoxy) is 1. The maximum absolute atomic E-state index is 13.5. The molecule has 6 heteroatoms. The van der Waals surface area contributed by atoms with E-state index in [-0.39, 0.29) is 11.5 Å². The van der Waals surface area contributed by atoms with Crippen molar-refractivity contribution < 1.29 is 13.5 Å². The summed E-state index contributed by atoms with van der Waals surface area (Å²) in [5.74, 6) is -2.01. The third-order valence-corrected chi connectivity index (χ3v) is 3.10. The molecule has 0 spiro atoms. The van der Waals surface area contributed by atoms with E-state index in [2.05, 4.69) is 31.9 Å². The highest BCUT2D eigenvalue weighted by Gasteiger charge is 2.13. The number of hydrogen-bond acceptors (Lipinski definition) is 2. The summed E-state index contributed by atoms with van der Waals surface area (Å²) in [6, 6.07) is 7.23. The number of benzene rings is 2. The van der Waals surface area contributed by atoms with Crippen LogP contribution in [0.15, 0.2) is 39.3 Å². The Balaban J connectivity index is 2.40. The van der Waals surface area contributed by atoms with Crippen molar-refractivity contribution in [2.45, 2.75) is 0 Å². The molecule has 0 aliphatic heterocycles. The fourth-order valence-electron chi connectivity index (χ4n) is 1.34. The molecule has 2 nitrogen and oxygen atoms in total. The lowest BCUT2D eigenvalue weighted by Crippen LogP contribution is -1.95. The highest BCUT2D eigenvalue weighted by Crippen LogP contribution is 2.33. The molecule has 2 rings (SSSR count). The van der Waals surface area contributed by atoms with Gasteiger partial charge in [0.25, 0.3) is 0 Å². The van der Waals surface area contributed by atoms with Crippen LogP contribution < -0.4 is 10.5 Å². The van der Waals surface area contributed by atoms with Gasteiger partial charge in [-0.05, 0) is 30.3 Å². The lowest BCUT2D eigenvalue weighted by atomic mass is 10.3. The molecule has 0 unspecified atom stereocenters. The standard InChI is InChI=1S/C12H7Br2F2NO/c13-6-1-2-10(9(17)4-6)18-11-5-7(14)3-8(15)12(11)16/h1-5H,17H2. The zero-order chi connectivity index (χ0) is 13.3. The molecule has 0 bridgehead atoms. The molecule has 0 atom stereocenters. The fourth-order valence-corrected chi connectivity index (χ4v) is 2.13. The van der Waals surface area contributed by atoms with Gasteiger partial charge in [-0.15, -0.1) is 0 Å². The van der Waals surface area contributed by atoms with Crippen molar-refractivity contribution in [2.24, 2.45) is 0 Å². The minimum Gasteiger partial charge on any atom is -0.452 e. The molecule has 2 aromatic rings. The zero-order valence-electron chi connectivity index (χ0n) is 8.88. The summed E-state index contributed by atoms with van der Waals surface area (Å²) in [5, 5.41) is 0. The van der Waals surface area contributed by atoms with Gasteiger partial charge in [0.15, 0.2) is 17.3 Å². The highest BCUT2D eigenvalue weighted by molar-refractivity contribution is 9.10. The van der Waals surface area contributed by atoms with Crippen LogP contribution in [0.3, 0.4) is 0 Å². The van der Waals surface area contributed by atoms with E-state index < -0.39 is 11.6 Å². The van der Waals surface area contributed by atoms with Crippen molar-refractivity contribution in [3.63, 3.8) is 0 Å². The molecular formula is C12H7Br2F2NO. The largest absolute Gasteiger partial charge is 0.452 e. The van der Waals surface area contributed by atoms with Crippen molar-refractivity contribution in [1.29, 1.82) is 0 Å². The molecule has 2 N–H and O–H groups in total. The van der Waals surface area contributed by atoms with E-state index in [1.807, 2.05) is 0 Å². The van der Waals surface area contributed by atoms with E-state index in [1.54, 1.807) is 18.2 Å². The van der Waals surface area contributed by atoms with Crippen LogP contribution >= 0.6 is 31.9 Å². The van der Waals surface area contributed by atoms with Crippen molar-refractivity contribution >= 4 is 37.5 Å². The van der Waals surface area contributed by atoms with Crippen LogP contribution in [0, 0.1) is 11.6 Å². The third kappa shape index (κ3) is 2.81. The molecule has 0 aliphatic carbocycles. The second-order valence-corrected chi connectivity index (χ2v) is 5.32. The molecule has 0 aliphatic rings. The van der Waals surface area contributed by atoms with Crippen LogP contribution in [0.1, 0.15) is 0 Å². The van der Waals surface area contributed by atoms with Crippen molar-refractivity contribution in [3.8, 4) is 11.5 Å². The highest BCUT2D eigenvalue weighted by atomic mass is 79.9. The minimum absolute atomic E-state index is 0.226. The molecule has 0 heterocycles. The summed E-state index contributed by atoms with van der Waals surface area (Å²) < 4.78 is 33.1. The van der Waals surface area contributed by atoms with E-state index in [9.17, 15) is 8.78 Å². The third-order valence-electron chi connectivity index (χ3n) is 2.15. The quantitative estimate of drug-likeness (QED) is 0.598. The fraction of sp³-hybridized carbons (Fsp3) is 0. The summed E-state index contributed by atoms with van der Waals surface area (Å²) >= 11 is 6.31. The first-order valence-corrected chi connectivity index (χ1v) is 6.43. The number of hydrogen-bond donors (Lipinski definition) is 1. The Labute approximate surface area is 119 Å². The van der Waals surface area contributed by atoms with Gasteiger partial charge >= 0.3 is 0 Å². The Kier molecular flexibility index (Phi) is 3.87. The first-order chi connectivity index (χ1) is 8.47. The van der Waals surface area contributed by atoms with Gasteiger partial charge in [0.1, 0.15) is 0 Å². The van der Waals surface area contributed by atoms with Crippen LogP contribution in [0.5, 0.6) is 11.5 Å². The summed E-state index contributed by atoms with van der Waals surface area (Å²) in [6.45, 7) is 0. The van der Waals surface area contributed by atoms with Gasteiger partial charge in [0, 0.05) is 8.95 Å². The smallest absolute Gasteiger partial charge is 0.201 e. The Bertz CT molecular complexity index is 605. The molecule has 0 radical (unpaired) electrons. The molecular weight excluding hydrogens is 372 g/mol. The second-order valence-electron chi connectivity index (χ2n) is 3.48. The summed E-state index contributed by atoms with van der Waals surface area (Å²) in [5.41, 5.74) is 6.04. The predicted octanol–water partition coefficient (Wildman–Crippen LogP) is 4.86. The predicted molar refractivity (Wildman–Crippen MR) is 72.7 cm³/mol. The molecule has 0 aromatic heterocycles. The van der Waals surface area contributed by atoms with Crippen LogP contribution in [-0.2, 0) is 0 Å². The first-order valence-electron chi connectivity index (χ1n) is 4.85. The van der Waals surface area contributed by atoms with Crippen LogP contribution in [0.4, 0.5) is 14.5 Å². The Morgan fingerprint density at radius 1 is 0.944 bits per heavy atom. The molecule has 0 saturated carbocycles. The summed E-state index contributed by atoms with van der Waals surface area (Å²) in [4.78, 5) is 0. The average Bonchev–Trinajstić information content (AvgIpc) is 2.29. The van der Waals surface area contributed by atoms with Gasteiger partial charge in [-0.3, -0.25) is 0 Å². The molecule has 94 valence electrons. The normalized spacial score (nSPS) is 10.4. The van der Waals surface area contributed by atoms with Crippen LogP contribution in [-0.4, -0.2) is 0 Å². The van der Waals surface area contributed by atoms with Gasteiger partial charge < -0.3 is 10.5 Å². The molecule has 0 amide bonds. The Morgan fingerprint density at radius 3 is 2.33 bits per heavy atom. The summed E-state index contributed by atoms with van der Waals surface area (Å²) in [7, 11) is 0.